The van der Waals surface area contributed by atoms with Gasteiger partial charge < -0.3 is 4.52 Å². The summed E-state index contributed by atoms with van der Waals surface area (Å²) < 4.78 is 5.09. The van der Waals surface area contributed by atoms with E-state index in [2.05, 4.69) is 28.3 Å². The van der Waals surface area contributed by atoms with Crippen LogP contribution in [-0.4, -0.2) is 10.1 Å². The third kappa shape index (κ3) is 1.05. The van der Waals surface area contributed by atoms with Crippen LogP contribution in [0.1, 0.15) is 0 Å². The first-order chi connectivity index (χ1) is 8.45. The van der Waals surface area contributed by atoms with E-state index >= 15 is 0 Å². The molecule has 2 heterocycles. The Bertz CT molecular complexity index is 779. The van der Waals surface area contributed by atoms with Crippen LogP contribution in [0.15, 0.2) is 53.4 Å². The summed E-state index contributed by atoms with van der Waals surface area (Å²) in [6.07, 6.45) is 3.46. The maximum absolute atomic E-state index is 5.09. The maximum atomic E-state index is 5.09. The highest BCUT2D eigenvalue weighted by Gasteiger charge is 2.11. The minimum absolute atomic E-state index is 0.881. The van der Waals surface area contributed by atoms with Crippen LogP contribution in [0.2, 0.25) is 0 Å². The minimum atomic E-state index is 0.881. The molecule has 0 spiro atoms. The Morgan fingerprint density at radius 1 is 0.765 bits per heavy atom. The second-order valence-electron chi connectivity index (χ2n) is 4.02. The Morgan fingerprint density at radius 2 is 1.53 bits per heavy atom. The average molecular weight is 220 g/mol. The summed E-state index contributed by atoms with van der Waals surface area (Å²) in [5.74, 6) is 0. The molecule has 0 N–H and O–H groups in total. The summed E-state index contributed by atoms with van der Waals surface area (Å²) in [5.41, 5.74) is 1.83. The Hall–Kier alpha value is -2.42. The first-order valence-electron chi connectivity index (χ1n) is 5.45. The Labute approximate surface area is 96.7 Å². The minimum Gasteiger partial charge on any atom is -0.363 e. The van der Waals surface area contributed by atoms with E-state index in [0.717, 1.165) is 32.6 Å². The predicted molar refractivity (Wildman–Crippen MR) is 66.8 cm³/mol. The van der Waals surface area contributed by atoms with Gasteiger partial charge in [-0.2, -0.15) is 0 Å². The summed E-state index contributed by atoms with van der Waals surface area (Å²) >= 11 is 0. The Kier molecular flexibility index (Phi) is 1.56. The highest BCUT2D eigenvalue weighted by atomic mass is 16.5. The molecule has 0 saturated heterocycles. The van der Waals surface area contributed by atoms with E-state index in [-0.39, 0.29) is 0 Å². The molecular weight excluding hydrogens is 212 g/mol. The smallest absolute Gasteiger partial charge is 0.133 e. The number of fused-ring (bicyclic) bond motifs is 6. The van der Waals surface area contributed by atoms with Gasteiger partial charge in [-0.3, -0.25) is 4.98 Å². The van der Waals surface area contributed by atoms with Crippen molar-refractivity contribution in [2.24, 2.45) is 0 Å². The SMILES string of the molecule is c1ccc2c(c1)c1cccnc1c1conc21. The van der Waals surface area contributed by atoms with Crippen molar-refractivity contribution in [2.45, 2.75) is 0 Å². The lowest BCUT2D eigenvalue weighted by Gasteiger charge is -2.03. The van der Waals surface area contributed by atoms with Crippen molar-refractivity contribution in [3.05, 3.63) is 48.9 Å². The van der Waals surface area contributed by atoms with E-state index < -0.39 is 0 Å². The summed E-state index contributed by atoms with van der Waals surface area (Å²) in [7, 11) is 0. The van der Waals surface area contributed by atoms with Crippen molar-refractivity contribution in [3.63, 3.8) is 0 Å². The van der Waals surface area contributed by atoms with Crippen LogP contribution in [0, 0.1) is 0 Å². The van der Waals surface area contributed by atoms with E-state index in [0.29, 0.717) is 0 Å². The van der Waals surface area contributed by atoms with Crippen LogP contribution < -0.4 is 0 Å². The number of aromatic nitrogens is 2. The lowest BCUT2D eigenvalue weighted by Crippen LogP contribution is -1.83. The summed E-state index contributed by atoms with van der Waals surface area (Å²) in [6, 6.07) is 12.2. The molecule has 0 aliphatic heterocycles. The second-order valence-corrected chi connectivity index (χ2v) is 4.02. The molecule has 0 saturated carbocycles. The van der Waals surface area contributed by atoms with Gasteiger partial charge >= 0.3 is 0 Å². The molecule has 0 unspecified atom stereocenters. The van der Waals surface area contributed by atoms with Crippen molar-refractivity contribution >= 4 is 32.6 Å². The molecule has 2 aromatic heterocycles. The topological polar surface area (TPSA) is 38.9 Å². The molecule has 3 heteroatoms. The molecule has 2 aromatic carbocycles. The van der Waals surface area contributed by atoms with Crippen molar-refractivity contribution in [2.75, 3.05) is 0 Å². The molecular formula is C14H8N2O. The molecule has 4 aromatic rings. The van der Waals surface area contributed by atoms with Crippen LogP contribution in [-0.2, 0) is 0 Å². The molecule has 0 aliphatic carbocycles. The van der Waals surface area contributed by atoms with Gasteiger partial charge in [0.05, 0.1) is 10.9 Å². The van der Waals surface area contributed by atoms with E-state index in [1.54, 1.807) is 12.5 Å². The van der Waals surface area contributed by atoms with Crippen LogP contribution in [0.25, 0.3) is 32.6 Å². The highest BCUT2D eigenvalue weighted by molar-refractivity contribution is 6.22. The fourth-order valence-electron chi connectivity index (χ4n) is 2.36. The fourth-order valence-corrected chi connectivity index (χ4v) is 2.36. The van der Waals surface area contributed by atoms with Crippen LogP contribution in [0.3, 0.4) is 0 Å². The van der Waals surface area contributed by atoms with Crippen molar-refractivity contribution in [3.8, 4) is 0 Å². The monoisotopic (exact) mass is 220 g/mol. The van der Waals surface area contributed by atoms with Crippen molar-refractivity contribution in [1.82, 2.24) is 10.1 Å². The molecule has 0 atom stereocenters. The summed E-state index contributed by atoms with van der Waals surface area (Å²) in [5, 5.41) is 8.46. The van der Waals surface area contributed by atoms with Gasteiger partial charge in [-0.1, -0.05) is 35.5 Å². The molecule has 4 rings (SSSR count). The van der Waals surface area contributed by atoms with Gasteiger partial charge in [0.2, 0.25) is 0 Å². The molecule has 80 valence electrons. The average Bonchev–Trinajstić information content (AvgIpc) is 2.89. The number of hydrogen-bond acceptors (Lipinski definition) is 3. The molecule has 0 bridgehead atoms. The molecule has 3 nitrogen and oxygen atoms in total. The zero-order valence-electron chi connectivity index (χ0n) is 8.92. The zero-order valence-corrected chi connectivity index (χ0v) is 8.92. The summed E-state index contributed by atoms with van der Waals surface area (Å²) in [4.78, 5) is 4.43. The van der Waals surface area contributed by atoms with Gasteiger partial charge in [-0.15, -0.1) is 0 Å². The summed E-state index contributed by atoms with van der Waals surface area (Å²) in [6.45, 7) is 0. The van der Waals surface area contributed by atoms with Gasteiger partial charge in [0.1, 0.15) is 11.8 Å². The third-order valence-corrected chi connectivity index (χ3v) is 3.10. The molecule has 0 amide bonds. The molecule has 0 radical (unpaired) electrons. The van der Waals surface area contributed by atoms with Gasteiger partial charge in [-0.25, -0.2) is 0 Å². The van der Waals surface area contributed by atoms with Crippen molar-refractivity contribution in [1.29, 1.82) is 0 Å². The number of rotatable bonds is 0. The van der Waals surface area contributed by atoms with E-state index in [9.17, 15) is 0 Å². The van der Waals surface area contributed by atoms with Gasteiger partial charge in [0.25, 0.3) is 0 Å². The first kappa shape index (κ1) is 8.70. The van der Waals surface area contributed by atoms with Gasteiger partial charge in [0, 0.05) is 17.0 Å². The van der Waals surface area contributed by atoms with E-state index in [1.165, 1.54) is 0 Å². The lowest BCUT2D eigenvalue weighted by atomic mass is 10.0. The van der Waals surface area contributed by atoms with Crippen molar-refractivity contribution < 1.29 is 4.52 Å². The Balaban J connectivity index is 2.48. The first-order valence-corrected chi connectivity index (χ1v) is 5.45. The molecule has 17 heavy (non-hydrogen) atoms. The normalized spacial score (nSPS) is 11.5. The second kappa shape index (κ2) is 3.04. The van der Waals surface area contributed by atoms with E-state index in [4.69, 9.17) is 4.52 Å². The zero-order chi connectivity index (χ0) is 11.2. The lowest BCUT2D eigenvalue weighted by molar-refractivity contribution is 0.429. The third-order valence-electron chi connectivity index (χ3n) is 3.10. The van der Waals surface area contributed by atoms with Crippen LogP contribution in [0.5, 0.6) is 0 Å². The number of hydrogen-bond donors (Lipinski definition) is 0. The fraction of sp³-hybridized carbons (Fsp3) is 0. The van der Waals surface area contributed by atoms with Gasteiger partial charge in [-0.05, 0) is 11.5 Å². The largest absolute Gasteiger partial charge is 0.363 e. The quantitative estimate of drug-likeness (QED) is 0.425. The Morgan fingerprint density at radius 3 is 2.47 bits per heavy atom. The molecule has 0 aliphatic rings. The number of benzene rings is 2. The predicted octanol–water partition coefficient (Wildman–Crippen LogP) is 3.53. The van der Waals surface area contributed by atoms with Gasteiger partial charge in [0.15, 0.2) is 0 Å². The van der Waals surface area contributed by atoms with Crippen LogP contribution in [0.4, 0.5) is 0 Å². The standard InChI is InChI=1S/C14H8N2O/c1-2-5-11-9(4-1)10-6-3-7-15-13(10)12-8-17-16-14(11)12/h1-8H. The number of pyridine rings is 1. The van der Waals surface area contributed by atoms with E-state index in [1.807, 2.05) is 18.2 Å². The highest BCUT2D eigenvalue weighted by Crippen LogP contribution is 2.32. The van der Waals surface area contributed by atoms with Crippen LogP contribution >= 0.6 is 0 Å². The maximum Gasteiger partial charge on any atom is 0.133 e. The number of nitrogens with zero attached hydrogens (tertiary/aromatic N) is 2. The molecule has 0 fully saturated rings.